The highest BCUT2D eigenvalue weighted by Gasteiger charge is 2.38. The van der Waals surface area contributed by atoms with E-state index in [-0.39, 0.29) is 0 Å². The molecule has 0 spiro atoms. The van der Waals surface area contributed by atoms with Crippen LogP contribution in [0, 0.1) is 12.8 Å². The Labute approximate surface area is 113 Å². The largest absolute Gasteiger partial charge is 0.316 e. The lowest BCUT2D eigenvalue weighted by atomic mass is 9.75. The van der Waals surface area contributed by atoms with Gasteiger partial charge in [0.15, 0.2) is 0 Å². The van der Waals surface area contributed by atoms with Gasteiger partial charge in [-0.15, -0.1) is 0 Å². The van der Waals surface area contributed by atoms with Crippen LogP contribution < -0.4 is 5.32 Å². The molecule has 1 N–H and O–H groups in total. The van der Waals surface area contributed by atoms with Crippen molar-refractivity contribution in [2.75, 3.05) is 13.1 Å². The van der Waals surface area contributed by atoms with Crippen molar-refractivity contribution in [1.82, 2.24) is 5.32 Å². The molecule has 2 heterocycles. The number of hydrogen-bond donors (Lipinski definition) is 1. The lowest BCUT2D eigenvalue weighted by Crippen LogP contribution is -2.47. The summed E-state index contributed by atoms with van der Waals surface area (Å²) in [5.74, 6) is 1.24. The van der Waals surface area contributed by atoms with Crippen molar-refractivity contribution in [3.05, 3.63) is 52.6 Å². The first-order valence-corrected chi connectivity index (χ1v) is 7.05. The fraction of sp³-hybridized carbons (Fsp3) is 0.353. The van der Waals surface area contributed by atoms with Crippen molar-refractivity contribution in [3.8, 4) is 0 Å². The molecule has 1 saturated heterocycles. The van der Waals surface area contributed by atoms with E-state index in [1.165, 1.54) is 22.3 Å². The summed E-state index contributed by atoms with van der Waals surface area (Å²) >= 11 is 0. The second kappa shape index (κ2) is 4.17. The monoisotopic (exact) mass is 250 g/mol. The van der Waals surface area contributed by atoms with E-state index in [9.17, 15) is 0 Å². The molecule has 2 aliphatic heterocycles. The molecule has 3 aliphatic rings. The normalized spacial score (nSPS) is 28.4. The highest BCUT2D eigenvalue weighted by Crippen LogP contribution is 2.41. The molecule has 1 aliphatic carbocycles. The summed E-state index contributed by atoms with van der Waals surface area (Å²) in [6, 6.07) is 7.18. The second-order valence-corrected chi connectivity index (χ2v) is 5.82. The number of nitrogens with zero attached hydrogens (tertiary/aromatic N) is 1. The predicted octanol–water partition coefficient (Wildman–Crippen LogP) is 2.70. The number of hydrogen-bond acceptors (Lipinski definition) is 2. The van der Waals surface area contributed by atoms with Crippen LogP contribution in [0.15, 0.2) is 40.9 Å². The summed E-state index contributed by atoms with van der Waals surface area (Å²) in [5, 5.41) is 3.41. The first kappa shape index (κ1) is 11.2. The Hall–Kier alpha value is -1.67. The molecule has 0 radical (unpaired) electrons. The molecular formula is C17H18N2. The van der Waals surface area contributed by atoms with Crippen molar-refractivity contribution in [2.45, 2.75) is 18.9 Å². The minimum absolute atomic E-state index is 0.326. The number of aliphatic imine (C=N–C) groups is 1. The summed E-state index contributed by atoms with van der Waals surface area (Å²) in [6.45, 7) is 4.41. The maximum Gasteiger partial charge on any atom is 0.0821 e. The van der Waals surface area contributed by atoms with Gasteiger partial charge in [0.25, 0.3) is 0 Å². The van der Waals surface area contributed by atoms with Crippen LogP contribution in [0.5, 0.6) is 0 Å². The van der Waals surface area contributed by atoms with Crippen LogP contribution in [0.1, 0.15) is 22.6 Å². The molecule has 2 heteroatoms. The van der Waals surface area contributed by atoms with Crippen molar-refractivity contribution < 1.29 is 0 Å². The fourth-order valence-corrected chi connectivity index (χ4v) is 3.44. The van der Waals surface area contributed by atoms with E-state index in [0.717, 1.165) is 13.1 Å². The Morgan fingerprint density at radius 2 is 2.11 bits per heavy atom. The van der Waals surface area contributed by atoms with Crippen LogP contribution in [0.25, 0.3) is 6.08 Å². The molecule has 19 heavy (non-hydrogen) atoms. The topological polar surface area (TPSA) is 24.4 Å². The van der Waals surface area contributed by atoms with E-state index >= 15 is 0 Å². The highest BCUT2D eigenvalue weighted by atomic mass is 15.0. The molecule has 1 fully saturated rings. The Bertz CT molecular complexity index is 606. The SMILES string of the molecule is Cc1ccc2c(c1)C=CC1=CC=NC1C2C1CNC1. The molecule has 2 unspecified atom stereocenters. The molecule has 2 atom stereocenters. The van der Waals surface area contributed by atoms with Crippen LogP contribution in [-0.4, -0.2) is 25.3 Å². The summed E-state index contributed by atoms with van der Waals surface area (Å²) < 4.78 is 0. The minimum Gasteiger partial charge on any atom is -0.316 e. The molecule has 96 valence electrons. The van der Waals surface area contributed by atoms with Gasteiger partial charge >= 0.3 is 0 Å². The number of nitrogens with one attached hydrogen (secondary N) is 1. The molecule has 1 aromatic rings. The molecule has 0 aromatic heterocycles. The van der Waals surface area contributed by atoms with Crippen LogP contribution in [0.3, 0.4) is 0 Å². The molecule has 1 aromatic carbocycles. The number of rotatable bonds is 1. The Balaban J connectivity index is 1.86. The Kier molecular flexibility index (Phi) is 2.46. The Morgan fingerprint density at radius 3 is 2.89 bits per heavy atom. The van der Waals surface area contributed by atoms with Crippen LogP contribution in [0.2, 0.25) is 0 Å². The summed E-state index contributed by atoms with van der Waals surface area (Å²) in [4.78, 5) is 4.73. The third-order valence-electron chi connectivity index (χ3n) is 4.57. The van der Waals surface area contributed by atoms with Crippen LogP contribution >= 0.6 is 0 Å². The minimum atomic E-state index is 0.326. The molecular weight excluding hydrogens is 232 g/mol. The summed E-state index contributed by atoms with van der Waals surface area (Å²) in [6.07, 6.45) is 8.66. The van der Waals surface area contributed by atoms with Gasteiger partial charge < -0.3 is 5.32 Å². The van der Waals surface area contributed by atoms with Crippen LogP contribution in [-0.2, 0) is 0 Å². The van der Waals surface area contributed by atoms with Gasteiger partial charge in [-0.05, 0) is 48.7 Å². The summed E-state index contributed by atoms with van der Waals surface area (Å²) in [7, 11) is 0. The van der Waals surface area contributed by atoms with Gasteiger partial charge in [0.1, 0.15) is 0 Å². The maximum absolute atomic E-state index is 4.73. The average Bonchev–Trinajstić information content (AvgIpc) is 2.75. The molecule has 0 bridgehead atoms. The third-order valence-corrected chi connectivity index (χ3v) is 4.57. The molecule has 0 saturated carbocycles. The first-order valence-electron chi connectivity index (χ1n) is 7.05. The van der Waals surface area contributed by atoms with E-state index in [0.29, 0.717) is 17.9 Å². The van der Waals surface area contributed by atoms with Crippen LogP contribution in [0.4, 0.5) is 0 Å². The number of allylic oxidation sites excluding steroid dienone is 1. The van der Waals surface area contributed by atoms with Gasteiger partial charge in [-0.25, -0.2) is 0 Å². The number of benzene rings is 1. The second-order valence-electron chi connectivity index (χ2n) is 5.82. The van der Waals surface area contributed by atoms with Gasteiger partial charge in [-0.3, -0.25) is 4.99 Å². The summed E-state index contributed by atoms with van der Waals surface area (Å²) in [5.41, 5.74) is 5.55. The van der Waals surface area contributed by atoms with E-state index in [4.69, 9.17) is 4.99 Å². The highest BCUT2D eigenvalue weighted by molar-refractivity contribution is 5.79. The number of fused-ring (bicyclic) bond motifs is 2. The lowest BCUT2D eigenvalue weighted by Gasteiger charge is -2.38. The standard InChI is InChI=1S/C17H18N2/c1-11-2-5-15-13(8-11)4-3-12-6-7-19-17(12)16(15)14-9-18-10-14/h2-8,14,16-18H,9-10H2,1H3. The van der Waals surface area contributed by atoms with Gasteiger partial charge in [0.2, 0.25) is 0 Å². The zero-order valence-electron chi connectivity index (χ0n) is 11.1. The average molecular weight is 250 g/mol. The third kappa shape index (κ3) is 1.71. The molecule has 4 rings (SSSR count). The van der Waals surface area contributed by atoms with E-state index < -0.39 is 0 Å². The van der Waals surface area contributed by atoms with E-state index in [1.54, 1.807) is 0 Å². The van der Waals surface area contributed by atoms with Gasteiger partial charge in [-0.2, -0.15) is 0 Å². The maximum atomic E-state index is 4.73. The van der Waals surface area contributed by atoms with Crippen molar-refractivity contribution in [2.24, 2.45) is 10.9 Å². The molecule has 0 amide bonds. The van der Waals surface area contributed by atoms with Gasteiger partial charge in [-0.1, -0.05) is 35.9 Å². The predicted molar refractivity (Wildman–Crippen MR) is 79.7 cm³/mol. The van der Waals surface area contributed by atoms with Gasteiger partial charge in [0, 0.05) is 12.1 Å². The van der Waals surface area contributed by atoms with Crippen molar-refractivity contribution in [1.29, 1.82) is 0 Å². The lowest BCUT2D eigenvalue weighted by molar-refractivity contribution is 0.276. The fourth-order valence-electron chi connectivity index (χ4n) is 3.44. The smallest absolute Gasteiger partial charge is 0.0821 e. The Morgan fingerprint density at radius 1 is 1.21 bits per heavy atom. The van der Waals surface area contributed by atoms with Crippen molar-refractivity contribution in [3.63, 3.8) is 0 Å². The zero-order valence-corrected chi connectivity index (χ0v) is 11.1. The zero-order chi connectivity index (χ0) is 12.8. The first-order chi connectivity index (χ1) is 9.33. The van der Waals surface area contributed by atoms with E-state index in [2.05, 4.69) is 48.7 Å². The van der Waals surface area contributed by atoms with Crippen molar-refractivity contribution >= 4 is 12.3 Å². The van der Waals surface area contributed by atoms with E-state index in [1.807, 2.05) is 6.21 Å². The quantitative estimate of drug-likeness (QED) is 0.814. The number of aryl methyl sites for hydroxylation is 1. The molecule has 2 nitrogen and oxygen atoms in total. The van der Waals surface area contributed by atoms with Gasteiger partial charge in [0.05, 0.1) is 6.04 Å².